The van der Waals surface area contributed by atoms with E-state index in [1.807, 2.05) is 6.92 Å². The lowest BCUT2D eigenvalue weighted by Gasteiger charge is -2.28. The molecule has 2 aromatic rings. The molecule has 1 aliphatic heterocycles. The fraction of sp³-hybridized carbons (Fsp3) is 0.567. The van der Waals surface area contributed by atoms with E-state index in [9.17, 15) is 14.4 Å². The molecule has 4 rings (SSSR count). The number of hydrogen-bond donors (Lipinski definition) is 3. The van der Waals surface area contributed by atoms with Gasteiger partial charge in [0.1, 0.15) is 11.7 Å². The van der Waals surface area contributed by atoms with Crippen molar-refractivity contribution in [3.05, 3.63) is 52.3 Å². The number of hydrogen-bond acceptors (Lipinski definition) is 4. The number of piperidine rings is 1. The highest BCUT2D eigenvalue weighted by Gasteiger charge is 2.35. The summed E-state index contributed by atoms with van der Waals surface area (Å²) in [6.07, 6.45) is 7.29. The van der Waals surface area contributed by atoms with Crippen molar-refractivity contribution in [2.45, 2.75) is 91.6 Å². The fourth-order valence-electron chi connectivity index (χ4n) is 5.66. The van der Waals surface area contributed by atoms with Crippen molar-refractivity contribution in [2.24, 2.45) is 5.41 Å². The second kappa shape index (κ2) is 11.5. The second-order valence-electron chi connectivity index (χ2n) is 11.5. The van der Waals surface area contributed by atoms with Crippen LogP contribution in [-0.4, -0.2) is 41.7 Å². The number of benzene rings is 1. The summed E-state index contributed by atoms with van der Waals surface area (Å²) >= 11 is 0. The molecule has 0 bridgehead atoms. The van der Waals surface area contributed by atoms with Crippen LogP contribution in [0.15, 0.2) is 24.3 Å². The van der Waals surface area contributed by atoms with Crippen molar-refractivity contribution in [2.75, 3.05) is 18.0 Å². The molecule has 1 aromatic heterocycles. The third-order valence-electron chi connectivity index (χ3n) is 7.72. The number of carbonyl (C=O) groups excluding carboxylic acids is 3. The Morgan fingerprint density at radius 1 is 1.08 bits per heavy atom. The Kier molecular flexibility index (Phi) is 8.40. The minimum atomic E-state index is -0.632. The number of anilines is 1. The van der Waals surface area contributed by atoms with E-state index in [-0.39, 0.29) is 23.0 Å². The van der Waals surface area contributed by atoms with Gasteiger partial charge in [0.25, 0.3) is 5.91 Å². The standard InChI is InChI=1S/C30H42N4O3/c1-5-6-10-23(28(36)31-19-21-11-13-22(14-12-21)34-15-8-7-9-16-34)33-29(37)27-20(2)26-24(32-27)17-30(3,4)18-25(26)35/h11-14,23,32H,5-10,15-19H2,1-4H3,(H,31,36)(H,33,37)/t23-/m0/s1. The Morgan fingerprint density at radius 2 is 1.78 bits per heavy atom. The predicted molar refractivity (Wildman–Crippen MR) is 147 cm³/mol. The predicted octanol–water partition coefficient (Wildman–Crippen LogP) is 5.07. The summed E-state index contributed by atoms with van der Waals surface area (Å²) in [4.78, 5) is 44.7. The lowest BCUT2D eigenvalue weighted by Crippen LogP contribution is -2.46. The van der Waals surface area contributed by atoms with Crippen molar-refractivity contribution in [1.29, 1.82) is 0 Å². The molecule has 0 radical (unpaired) electrons. The van der Waals surface area contributed by atoms with Crippen LogP contribution in [0.25, 0.3) is 0 Å². The van der Waals surface area contributed by atoms with Crippen molar-refractivity contribution in [3.8, 4) is 0 Å². The largest absolute Gasteiger partial charge is 0.372 e. The van der Waals surface area contributed by atoms with Crippen LogP contribution >= 0.6 is 0 Å². The summed E-state index contributed by atoms with van der Waals surface area (Å²) in [5, 5.41) is 5.96. The first-order chi connectivity index (χ1) is 17.7. The van der Waals surface area contributed by atoms with Gasteiger partial charge in [0.2, 0.25) is 5.91 Å². The number of carbonyl (C=O) groups is 3. The molecule has 2 aliphatic rings. The lowest BCUT2D eigenvalue weighted by molar-refractivity contribution is -0.123. The zero-order valence-corrected chi connectivity index (χ0v) is 22.8. The zero-order chi connectivity index (χ0) is 26.6. The summed E-state index contributed by atoms with van der Waals surface area (Å²) in [6.45, 7) is 10.6. The summed E-state index contributed by atoms with van der Waals surface area (Å²) in [5.41, 5.74) is 4.66. The van der Waals surface area contributed by atoms with E-state index >= 15 is 0 Å². The van der Waals surface area contributed by atoms with Gasteiger partial charge in [0.05, 0.1) is 0 Å². The molecule has 0 unspecified atom stereocenters. The van der Waals surface area contributed by atoms with Gasteiger partial charge in [0, 0.05) is 43.0 Å². The highest BCUT2D eigenvalue weighted by Crippen LogP contribution is 2.36. The number of amides is 2. The molecule has 0 saturated carbocycles. The number of nitrogens with one attached hydrogen (secondary N) is 3. The van der Waals surface area contributed by atoms with Gasteiger partial charge < -0.3 is 20.5 Å². The van der Waals surface area contributed by atoms with Crippen LogP contribution in [0.5, 0.6) is 0 Å². The first kappa shape index (κ1) is 27.0. The molecule has 1 atom stereocenters. The van der Waals surface area contributed by atoms with E-state index in [1.54, 1.807) is 0 Å². The van der Waals surface area contributed by atoms with Gasteiger partial charge in [-0.3, -0.25) is 14.4 Å². The van der Waals surface area contributed by atoms with E-state index in [0.29, 0.717) is 36.2 Å². The molecule has 1 saturated heterocycles. The molecule has 1 aromatic carbocycles. The quantitative estimate of drug-likeness (QED) is 0.442. The Balaban J connectivity index is 1.40. The average Bonchev–Trinajstić information content (AvgIpc) is 3.21. The molecule has 7 heteroatoms. The Labute approximate surface area is 220 Å². The molecule has 7 nitrogen and oxygen atoms in total. The number of unbranched alkanes of at least 4 members (excludes halogenated alkanes) is 1. The molecule has 2 heterocycles. The molecule has 1 fully saturated rings. The van der Waals surface area contributed by atoms with Gasteiger partial charge in [-0.25, -0.2) is 0 Å². The molecule has 37 heavy (non-hydrogen) atoms. The molecule has 0 spiro atoms. The number of ketones is 1. The average molecular weight is 507 g/mol. The minimum absolute atomic E-state index is 0.0747. The monoisotopic (exact) mass is 506 g/mol. The van der Waals surface area contributed by atoms with Crippen molar-refractivity contribution >= 4 is 23.3 Å². The van der Waals surface area contributed by atoms with E-state index in [0.717, 1.165) is 43.6 Å². The summed E-state index contributed by atoms with van der Waals surface area (Å²) < 4.78 is 0. The lowest BCUT2D eigenvalue weighted by atomic mass is 9.75. The van der Waals surface area contributed by atoms with Crippen molar-refractivity contribution in [1.82, 2.24) is 15.6 Å². The number of aromatic amines is 1. The first-order valence-electron chi connectivity index (χ1n) is 13.9. The third-order valence-corrected chi connectivity index (χ3v) is 7.72. The van der Waals surface area contributed by atoms with Gasteiger partial charge in [-0.2, -0.15) is 0 Å². The maximum absolute atomic E-state index is 13.3. The van der Waals surface area contributed by atoms with E-state index < -0.39 is 6.04 Å². The molecule has 200 valence electrons. The maximum atomic E-state index is 13.3. The van der Waals surface area contributed by atoms with Crippen molar-refractivity contribution in [3.63, 3.8) is 0 Å². The normalized spacial score (nSPS) is 17.7. The molecule has 3 N–H and O–H groups in total. The van der Waals surface area contributed by atoms with Gasteiger partial charge in [-0.05, 0) is 67.7 Å². The number of aromatic nitrogens is 1. The molecule has 1 aliphatic carbocycles. The number of Topliss-reactive ketones (excluding diaryl/α,β-unsaturated/α-hetero) is 1. The summed E-state index contributed by atoms with van der Waals surface area (Å²) in [5.74, 6) is -0.446. The summed E-state index contributed by atoms with van der Waals surface area (Å²) in [6, 6.07) is 7.75. The molecular weight excluding hydrogens is 464 g/mol. The van der Waals surface area contributed by atoms with Gasteiger partial charge in [0.15, 0.2) is 5.78 Å². The van der Waals surface area contributed by atoms with Gasteiger partial charge >= 0.3 is 0 Å². The highest BCUT2D eigenvalue weighted by molar-refractivity contribution is 6.05. The Bertz CT molecular complexity index is 1130. The zero-order valence-electron chi connectivity index (χ0n) is 22.8. The first-order valence-corrected chi connectivity index (χ1v) is 13.9. The Morgan fingerprint density at radius 3 is 2.46 bits per heavy atom. The van der Waals surface area contributed by atoms with Crippen LogP contribution in [0, 0.1) is 12.3 Å². The van der Waals surface area contributed by atoms with Crippen LogP contribution in [0.1, 0.15) is 103 Å². The van der Waals surface area contributed by atoms with Crippen LogP contribution < -0.4 is 15.5 Å². The SMILES string of the molecule is CCCC[C@H](NC(=O)c1[nH]c2c(c1C)C(=O)CC(C)(C)C2)C(=O)NCc1ccc(N2CCCCC2)cc1. The van der Waals surface area contributed by atoms with Crippen LogP contribution in [0.3, 0.4) is 0 Å². The van der Waals surface area contributed by atoms with Crippen LogP contribution in [0.2, 0.25) is 0 Å². The fourth-order valence-corrected chi connectivity index (χ4v) is 5.66. The van der Waals surface area contributed by atoms with Crippen molar-refractivity contribution < 1.29 is 14.4 Å². The van der Waals surface area contributed by atoms with Gasteiger partial charge in [-0.15, -0.1) is 0 Å². The number of nitrogens with zero attached hydrogens (tertiary/aromatic N) is 1. The van der Waals surface area contributed by atoms with E-state index in [4.69, 9.17) is 0 Å². The topological polar surface area (TPSA) is 94.3 Å². The van der Waals surface area contributed by atoms with E-state index in [2.05, 4.69) is 65.6 Å². The second-order valence-corrected chi connectivity index (χ2v) is 11.5. The third kappa shape index (κ3) is 6.43. The van der Waals surface area contributed by atoms with Gasteiger partial charge in [-0.1, -0.05) is 45.7 Å². The number of H-pyrrole nitrogens is 1. The molecule has 2 amide bonds. The summed E-state index contributed by atoms with van der Waals surface area (Å²) in [7, 11) is 0. The van der Waals surface area contributed by atoms with E-state index in [1.165, 1.54) is 24.9 Å². The molecular formula is C30H42N4O3. The maximum Gasteiger partial charge on any atom is 0.268 e. The Hall–Kier alpha value is -3.09. The smallest absolute Gasteiger partial charge is 0.268 e. The van der Waals surface area contributed by atoms with Crippen LogP contribution in [0.4, 0.5) is 5.69 Å². The minimum Gasteiger partial charge on any atom is -0.372 e. The van der Waals surface area contributed by atoms with Crippen LogP contribution in [-0.2, 0) is 17.8 Å². The number of fused-ring (bicyclic) bond motifs is 1. The highest BCUT2D eigenvalue weighted by atomic mass is 16.2. The number of rotatable bonds is 9.